The minimum Gasteiger partial charge on any atom is -0.461 e. The average Bonchev–Trinajstić information content (AvgIpc) is 3.86. The van der Waals surface area contributed by atoms with Gasteiger partial charge in [-0.15, -0.1) is 0 Å². The Kier molecular flexibility index (Phi) is 16.7. The number of imidazole rings is 1. The highest BCUT2D eigenvalue weighted by Gasteiger charge is 2.60. The SMILES string of the molecule is CC[C@H]1OC(=O)[C@H](C)[C@@H](OC(=O)Cc2ccncc2)[C@H](C)[C@@H](O[C@H]2O[C@@H](C)C[C@@H](N(C)CC)[C@@H]2O)[C@](C)(OC)C[C@@H](C)C(=O)[C@H](C)[C@H]2N(CCCCn3ccnc3)C(=O)O[C@]12C. The molecule has 0 saturated carbocycles. The van der Waals surface area contributed by atoms with Crippen molar-refractivity contribution in [1.29, 1.82) is 0 Å². The van der Waals surface area contributed by atoms with Gasteiger partial charge < -0.3 is 47.9 Å². The zero-order chi connectivity index (χ0) is 45.5. The first-order valence-electron chi connectivity index (χ1n) is 22.4. The number of aromatic nitrogens is 3. The maximum atomic E-state index is 14.9. The van der Waals surface area contributed by atoms with Crippen molar-refractivity contribution in [2.75, 3.05) is 27.2 Å². The van der Waals surface area contributed by atoms with Crippen LogP contribution in [0.25, 0.3) is 0 Å². The van der Waals surface area contributed by atoms with E-state index in [9.17, 15) is 24.3 Å². The number of carbonyl (C=O) groups excluding carboxylic acids is 4. The van der Waals surface area contributed by atoms with Gasteiger partial charge in [-0.3, -0.25) is 19.4 Å². The topological polar surface area (TPSA) is 181 Å². The third-order valence-electron chi connectivity index (χ3n) is 13.7. The molecule has 5 rings (SSSR count). The van der Waals surface area contributed by atoms with Crippen LogP contribution < -0.4 is 0 Å². The third kappa shape index (κ3) is 10.9. The van der Waals surface area contributed by atoms with Gasteiger partial charge in [-0.1, -0.05) is 34.6 Å². The fraction of sp³-hybridized carbons (Fsp3) is 0.739. The molecule has 2 aromatic rings. The number of likely N-dealkylation sites (N-methyl/N-ethyl adjacent to an activating group) is 1. The van der Waals surface area contributed by atoms with Crippen LogP contribution in [0.3, 0.4) is 0 Å². The van der Waals surface area contributed by atoms with Crippen LogP contribution in [-0.4, -0.2) is 141 Å². The molecule has 0 radical (unpaired) electrons. The molecule has 2 aromatic heterocycles. The zero-order valence-electron chi connectivity index (χ0n) is 38.6. The number of hydrogen-bond donors (Lipinski definition) is 1. The number of amides is 1. The Bertz CT molecular complexity index is 1780. The summed E-state index contributed by atoms with van der Waals surface area (Å²) in [5.41, 5.74) is -2.02. The monoisotopic (exact) mass is 870 g/mol. The van der Waals surface area contributed by atoms with Gasteiger partial charge in [-0.2, -0.15) is 0 Å². The van der Waals surface area contributed by atoms with E-state index in [2.05, 4.69) is 14.9 Å². The van der Waals surface area contributed by atoms with Crippen LogP contribution in [0.2, 0.25) is 0 Å². The molecule has 14 atom stereocenters. The Hall–Kier alpha value is -3.96. The summed E-state index contributed by atoms with van der Waals surface area (Å²) in [5.74, 6) is -4.69. The Morgan fingerprint density at radius 3 is 2.32 bits per heavy atom. The van der Waals surface area contributed by atoms with Crippen LogP contribution in [0.15, 0.2) is 43.2 Å². The van der Waals surface area contributed by atoms with Crippen molar-refractivity contribution in [1.82, 2.24) is 24.3 Å². The molecule has 3 fully saturated rings. The molecule has 3 aliphatic rings. The van der Waals surface area contributed by atoms with Gasteiger partial charge in [0.2, 0.25) is 0 Å². The number of aliphatic hydroxyl groups excluding tert-OH is 1. The van der Waals surface area contributed by atoms with Gasteiger partial charge in [0.1, 0.15) is 24.1 Å². The summed E-state index contributed by atoms with van der Waals surface area (Å²) < 4.78 is 40.5. The summed E-state index contributed by atoms with van der Waals surface area (Å²) in [5, 5.41) is 11.8. The molecular formula is C46H71N5O11. The second-order valence-corrected chi connectivity index (χ2v) is 18.2. The minimum atomic E-state index is -1.41. The van der Waals surface area contributed by atoms with Gasteiger partial charge in [0, 0.05) is 68.8 Å². The highest BCUT2D eigenvalue weighted by Crippen LogP contribution is 2.44. The molecule has 16 heteroatoms. The lowest BCUT2D eigenvalue weighted by atomic mass is 9.73. The number of nitrogens with zero attached hydrogens (tertiary/aromatic N) is 5. The molecule has 346 valence electrons. The number of Topliss-reactive ketones (excluding diaryl/α,β-unsaturated/α-hetero) is 1. The lowest BCUT2D eigenvalue weighted by Gasteiger charge is -2.48. The molecule has 3 aliphatic heterocycles. The van der Waals surface area contributed by atoms with Crippen LogP contribution in [0.4, 0.5) is 4.79 Å². The fourth-order valence-corrected chi connectivity index (χ4v) is 10.1. The van der Waals surface area contributed by atoms with Crippen molar-refractivity contribution in [2.45, 2.75) is 167 Å². The van der Waals surface area contributed by atoms with Crippen molar-refractivity contribution >= 4 is 23.8 Å². The van der Waals surface area contributed by atoms with E-state index in [-0.39, 0.29) is 37.2 Å². The number of fused-ring (bicyclic) bond motifs is 1. The summed E-state index contributed by atoms with van der Waals surface area (Å²) >= 11 is 0. The maximum Gasteiger partial charge on any atom is 0.410 e. The molecule has 0 aliphatic carbocycles. The number of cyclic esters (lactones) is 1. The average molecular weight is 870 g/mol. The number of unbranched alkanes of at least 4 members (excludes halogenated alkanes) is 1. The minimum absolute atomic E-state index is 0.0948. The smallest absolute Gasteiger partial charge is 0.410 e. The van der Waals surface area contributed by atoms with Crippen molar-refractivity contribution in [3.63, 3.8) is 0 Å². The molecule has 0 spiro atoms. The lowest BCUT2D eigenvalue weighted by molar-refractivity contribution is -0.302. The van der Waals surface area contributed by atoms with Gasteiger partial charge in [-0.25, -0.2) is 9.78 Å². The molecule has 0 aromatic carbocycles. The highest BCUT2D eigenvalue weighted by atomic mass is 16.7. The number of ether oxygens (including phenoxy) is 6. The summed E-state index contributed by atoms with van der Waals surface area (Å²) in [7, 11) is 3.47. The van der Waals surface area contributed by atoms with Crippen LogP contribution in [0.5, 0.6) is 0 Å². The Labute approximate surface area is 367 Å². The standard InChI is InChI=1S/C46H71N5O11/c1-12-35-46(9)40(51(44(56)62-46)22-15-14-21-50-23-20-48-27-50)30(5)37(53)28(3)26-45(8,57-11)41(61-43-38(54)34(49(10)13-2)24-29(4)58-43)31(6)39(32(7)42(55)59-35)60-36(52)25-33-16-18-47-19-17-33/h16-20,23,27-32,34-35,38-41,43,54H,12-15,21-22,24-26H2,1-11H3/t28-,29+,30+,31+,32-,34-,35-,38+,39+,40-,41-,43-,45-,46-/m1/s1. The molecule has 62 heavy (non-hydrogen) atoms. The van der Waals surface area contributed by atoms with Crippen molar-refractivity contribution in [2.24, 2.45) is 23.7 Å². The van der Waals surface area contributed by atoms with E-state index in [4.69, 9.17) is 28.4 Å². The number of methoxy groups -OCH3 is 1. The van der Waals surface area contributed by atoms with Crippen molar-refractivity contribution < 1.29 is 52.7 Å². The van der Waals surface area contributed by atoms with E-state index in [1.54, 1.807) is 55.8 Å². The fourth-order valence-electron chi connectivity index (χ4n) is 10.1. The van der Waals surface area contributed by atoms with E-state index in [0.29, 0.717) is 38.0 Å². The van der Waals surface area contributed by atoms with Crippen LogP contribution in [0, 0.1) is 23.7 Å². The largest absolute Gasteiger partial charge is 0.461 e. The van der Waals surface area contributed by atoms with E-state index in [1.807, 2.05) is 66.3 Å². The molecule has 0 unspecified atom stereocenters. The number of pyridine rings is 1. The van der Waals surface area contributed by atoms with E-state index < -0.39 is 89.7 Å². The van der Waals surface area contributed by atoms with Crippen LogP contribution >= 0.6 is 0 Å². The molecule has 16 nitrogen and oxygen atoms in total. The third-order valence-corrected chi connectivity index (χ3v) is 13.7. The second kappa shape index (κ2) is 21.1. The molecule has 1 N–H and O–H groups in total. The molecule has 1 amide bonds. The number of aryl methyl sites for hydroxylation is 1. The van der Waals surface area contributed by atoms with Gasteiger partial charge in [-0.05, 0) is 91.1 Å². The lowest BCUT2D eigenvalue weighted by Crippen LogP contribution is -2.61. The predicted molar refractivity (Wildman–Crippen MR) is 228 cm³/mol. The van der Waals surface area contributed by atoms with Gasteiger partial charge in [0.15, 0.2) is 11.9 Å². The second-order valence-electron chi connectivity index (χ2n) is 18.2. The number of aliphatic hydroxyl groups is 1. The quantitative estimate of drug-likeness (QED) is 0.148. The van der Waals surface area contributed by atoms with Crippen molar-refractivity contribution in [3.05, 3.63) is 48.8 Å². The Morgan fingerprint density at radius 2 is 1.69 bits per heavy atom. The number of hydrogen-bond acceptors (Lipinski definition) is 14. The van der Waals surface area contributed by atoms with Crippen LogP contribution in [0.1, 0.15) is 100.0 Å². The molecule has 3 saturated heterocycles. The van der Waals surface area contributed by atoms with Gasteiger partial charge in [0.25, 0.3) is 0 Å². The predicted octanol–water partition coefficient (Wildman–Crippen LogP) is 5.24. The Balaban J connectivity index is 1.58. The number of esters is 2. The number of rotatable bonds is 14. The maximum absolute atomic E-state index is 14.9. The first kappa shape index (κ1) is 49.1. The first-order valence-corrected chi connectivity index (χ1v) is 22.4. The summed E-state index contributed by atoms with van der Waals surface area (Å²) in [6.45, 7) is 18.1. The summed E-state index contributed by atoms with van der Waals surface area (Å²) in [4.78, 5) is 69.2. The van der Waals surface area contributed by atoms with E-state index >= 15 is 0 Å². The Morgan fingerprint density at radius 1 is 1.00 bits per heavy atom. The van der Waals surface area contributed by atoms with E-state index in [1.165, 1.54) is 7.11 Å². The number of ketones is 1. The first-order chi connectivity index (χ1) is 29.4. The van der Waals surface area contributed by atoms with E-state index in [0.717, 1.165) is 6.42 Å². The van der Waals surface area contributed by atoms with Crippen molar-refractivity contribution in [3.8, 4) is 0 Å². The van der Waals surface area contributed by atoms with Crippen LogP contribution in [-0.2, 0) is 55.8 Å². The normalized spacial score (nSPS) is 36.1. The molecular weight excluding hydrogens is 799 g/mol. The van der Waals surface area contributed by atoms with Gasteiger partial charge in [0.05, 0.1) is 42.5 Å². The zero-order valence-corrected chi connectivity index (χ0v) is 38.6. The summed E-state index contributed by atoms with van der Waals surface area (Å²) in [6, 6.07) is 2.35. The number of carbonyl (C=O) groups is 4. The molecule has 0 bridgehead atoms. The summed E-state index contributed by atoms with van der Waals surface area (Å²) in [6.07, 6.45) is 4.55. The van der Waals surface area contributed by atoms with Gasteiger partial charge >= 0.3 is 18.0 Å². The highest BCUT2D eigenvalue weighted by molar-refractivity contribution is 5.85. The molecule has 5 heterocycles.